The summed E-state index contributed by atoms with van der Waals surface area (Å²) >= 11 is 0. The zero-order valence-electron chi connectivity index (χ0n) is 42.8. The van der Waals surface area contributed by atoms with Crippen LogP contribution in [-0.4, -0.2) is 143 Å². The summed E-state index contributed by atoms with van der Waals surface area (Å²) in [5.41, 5.74) is 27.6. The molecule has 0 aliphatic heterocycles. The smallest absolute Gasteiger partial charge is 0.245 e. The van der Waals surface area contributed by atoms with Crippen LogP contribution in [0.1, 0.15) is 98.5 Å². The molecule has 28 nitrogen and oxygen atoms in total. The molecule has 28 heteroatoms. The number of guanidine groups is 2. The second kappa shape index (κ2) is 32.3. The Morgan fingerprint density at radius 3 is 1.36 bits per heavy atom. The lowest BCUT2D eigenvalue weighted by atomic mass is 9.98. The first-order valence-electron chi connectivity index (χ1n) is 24.1. The Bertz CT molecular complexity index is 2120. The molecular weight excluding hydrogens is 969 g/mol. The quantitative estimate of drug-likeness (QED) is 0.0175. The van der Waals surface area contributed by atoms with Crippen LogP contribution in [-0.2, 0) is 54.4 Å². The van der Waals surface area contributed by atoms with Gasteiger partial charge in [-0.25, -0.2) is 0 Å². The van der Waals surface area contributed by atoms with Crippen molar-refractivity contribution in [1.29, 1.82) is 10.8 Å². The van der Waals surface area contributed by atoms with Gasteiger partial charge in [0.2, 0.25) is 59.1 Å². The molecule has 0 bridgehead atoms. The van der Waals surface area contributed by atoms with Gasteiger partial charge in [-0.2, -0.15) is 0 Å². The largest absolute Gasteiger partial charge is 0.508 e. The highest BCUT2D eigenvalue weighted by atomic mass is 16.3. The summed E-state index contributed by atoms with van der Waals surface area (Å²) < 4.78 is 0. The molecule has 0 saturated heterocycles. The van der Waals surface area contributed by atoms with E-state index in [4.69, 9.17) is 39.5 Å². The standard InChI is InChI=1S/C46H78N16O12/c1-22(2)19-32(60-38(68)24(5)20-34(48)66)42(72)61-35(23(3)4)43(73)62-36(25(6)63)44(74)58-29(10-8-18-55-46(52)53)39(69)57-30(15-16-33(47)65)41(71)56-28(9-7-17-54-45(50)51)40(70)59-31(37(49)67)21-26-11-13-27(64)14-12-26/h11-14,22-25,28-32,35-36,63-64H,7-10,15-21H2,1-6H3,(H2,47,65)(H2,48,66)(H2,49,67)(H,56,71)(H,57,69)(H,58,74)(H,59,70)(H,60,68)(H,61,72)(H,62,73)(H4,50,51,54)(H4,52,53,55)/t24-,25+,28-,29-,30-,31-,32-,35+,36-/m0/s1. The molecule has 1 rings (SSSR count). The van der Waals surface area contributed by atoms with Crippen molar-refractivity contribution < 1.29 is 58.2 Å². The number of carbonyl (C=O) groups excluding carboxylic acids is 10. The lowest BCUT2D eigenvalue weighted by Crippen LogP contribution is -2.62. The third kappa shape index (κ3) is 25.1. The SMILES string of the molecule is CC(C)C[C@H](NC(=O)[C@@H](C)CC(N)=O)C(=O)N[C@@H](C(=O)N[C@H](C(=O)N[C@@H](CCCNC(=N)N)C(=O)N[C@@H](CCC(N)=O)C(=O)N[C@@H](CCCNC(=N)N)C(=O)N[C@@H](Cc1ccc(O)cc1)C(N)=O)[C@@H](C)O)C(C)C. The summed E-state index contributed by atoms with van der Waals surface area (Å²) in [7, 11) is 0. The van der Waals surface area contributed by atoms with Gasteiger partial charge >= 0.3 is 0 Å². The molecule has 1 aromatic rings. The first-order chi connectivity index (χ1) is 34.5. The third-order valence-electron chi connectivity index (χ3n) is 11.2. The Balaban J connectivity index is 3.52. The number of aliphatic hydroxyl groups is 1. The van der Waals surface area contributed by atoms with Crippen LogP contribution in [0.3, 0.4) is 0 Å². The Hall–Kier alpha value is -7.78. The van der Waals surface area contributed by atoms with Crippen molar-refractivity contribution in [3.63, 3.8) is 0 Å². The molecule has 10 amide bonds. The highest BCUT2D eigenvalue weighted by Crippen LogP contribution is 2.14. The number of phenolic OH excluding ortho intramolecular Hbond substituents is 1. The average molecular weight is 1050 g/mol. The maximum Gasteiger partial charge on any atom is 0.245 e. The van der Waals surface area contributed by atoms with Gasteiger partial charge < -0.3 is 86.7 Å². The van der Waals surface area contributed by atoms with Crippen molar-refractivity contribution in [2.45, 2.75) is 148 Å². The summed E-state index contributed by atoms with van der Waals surface area (Å²) in [6.45, 7) is 9.49. The molecule has 0 heterocycles. The molecule has 0 radical (unpaired) electrons. The number of nitrogens with one attached hydrogen (secondary N) is 11. The van der Waals surface area contributed by atoms with E-state index in [1.165, 1.54) is 38.1 Å². The van der Waals surface area contributed by atoms with Gasteiger partial charge in [0.05, 0.1) is 6.10 Å². The van der Waals surface area contributed by atoms with E-state index < -0.39 is 138 Å². The molecule has 9 atom stereocenters. The molecule has 0 unspecified atom stereocenters. The summed E-state index contributed by atoms with van der Waals surface area (Å²) in [5, 5.41) is 58.2. The molecule has 414 valence electrons. The molecule has 0 aliphatic carbocycles. The predicted octanol–water partition coefficient (Wildman–Crippen LogP) is -4.80. The summed E-state index contributed by atoms with van der Waals surface area (Å²) in [6, 6.07) is -4.41. The minimum Gasteiger partial charge on any atom is -0.508 e. The fourth-order valence-electron chi connectivity index (χ4n) is 7.17. The monoisotopic (exact) mass is 1050 g/mol. The molecule has 0 fully saturated rings. The van der Waals surface area contributed by atoms with Crippen molar-refractivity contribution in [2.24, 2.45) is 46.4 Å². The Morgan fingerprint density at radius 1 is 0.527 bits per heavy atom. The molecule has 0 saturated carbocycles. The molecule has 1 aromatic carbocycles. The molecule has 0 spiro atoms. The predicted molar refractivity (Wildman–Crippen MR) is 270 cm³/mol. The van der Waals surface area contributed by atoms with E-state index in [0.717, 1.165) is 0 Å². The second-order valence-electron chi connectivity index (χ2n) is 18.7. The number of aliphatic hydroxyl groups excluding tert-OH is 1. The van der Waals surface area contributed by atoms with Gasteiger partial charge in [-0.15, -0.1) is 0 Å². The van der Waals surface area contributed by atoms with Crippen LogP contribution in [0.4, 0.5) is 0 Å². The lowest BCUT2D eigenvalue weighted by Gasteiger charge is -2.30. The van der Waals surface area contributed by atoms with Crippen LogP contribution in [0.15, 0.2) is 24.3 Å². The van der Waals surface area contributed by atoms with Crippen molar-refractivity contribution in [1.82, 2.24) is 47.9 Å². The zero-order valence-corrected chi connectivity index (χ0v) is 42.8. The van der Waals surface area contributed by atoms with Crippen molar-refractivity contribution in [2.75, 3.05) is 13.1 Å². The van der Waals surface area contributed by atoms with Crippen molar-refractivity contribution in [3.8, 4) is 5.75 Å². The van der Waals surface area contributed by atoms with Crippen LogP contribution in [0, 0.1) is 28.6 Å². The van der Waals surface area contributed by atoms with Gasteiger partial charge in [0.15, 0.2) is 11.9 Å². The van der Waals surface area contributed by atoms with Crippen LogP contribution < -0.4 is 76.5 Å². The number of hydrogen-bond donors (Lipinski definition) is 18. The van der Waals surface area contributed by atoms with Crippen LogP contribution in [0.5, 0.6) is 5.75 Å². The normalized spacial score (nSPS) is 14.7. The van der Waals surface area contributed by atoms with E-state index in [9.17, 15) is 58.2 Å². The van der Waals surface area contributed by atoms with E-state index >= 15 is 0 Å². The minimum absolute atomic E-state index is 0.0174. The molecular formula is C46H78N16O12. The van der Waals surface area contributed by atoms with E-state index in [0.29, 0.717) is 5.56 Å². The topological polar surface area (TPSA) is 497 Å². The number of hydrogen-bond acceptors (Lipinski definition) is 14. The number of carbonyl (C=O) groups is 10. The lowest BCUT2D eigenvalue weighted by molar-refractivity contribution is -0.138. The van der Waals surface area contributed by atoms with Crippen LogP contribution in [0.2, 0.25) is 0 Å². The fraction of sp³-hybridized carbons (Fsp3) is 0.609. The summed E-state index contributed by atoms with van der Waals surface area (Å²) in [5.74, 6) is -11.3. The zero-order chi connectivity index (χ0) is 56.4. The van der Waals surface area contributed by atoms with Crippen molar-refractivity contribution >= 4 is 71.0 Å². The summed E-state index contributed by atoms with van der Waals surface area (Å²) in [6.07, 6.45) is -2.90. The number of primary amides is 3. The van der Waals surface area contributed by atoms with Crippen molar-refractivity contribution in [3.05, 3.63) is 29.8 Å². The first-order valence-corrected chi connectivity index (χ1v) is 24.1. The molecule has 0 aliphatic rings. The van der Waals surface area contributed by atoms with E-state index in [1.807, 2.05) is 0 Å². The average Bonchev–Trinajstić information content (AvgIpc) is 3.29. The van der Waals surface area contributed by atoms with Gasteiger partial charge in [0.25, 0.3) is 0 Å². The van der Waals surface area contributed by atoms with Crippen LogP contribution in [0.25, 0.3) is 0 Å². The maximum atomic E-state index is 14.2. The van der Waals surface area contributed by atoms with Gasteiger partial charge in [-0.3, -0.25) is 58.8 Å². The number of amides is 10. The van der Waals surface area contributed by atoms with Gasteiger partial charge in [-0.1, -0.05) is 46.8 Å². The van der Waals surface area contributed by atoms with E-state index in [1.54, 1.807) is 27.7 Å². The Kier molecular flexibility index (Phi) is 28.1. The van der Waals surface area contributed by atoms with E-state index in [2.05, 4.69) is 47.9 Å². The summed E-state index contributed by atoms with van der Waals surface area (Å²) in [4.78, 5) is 132. The number of benzene rings is 1. The molecule has 0 aromatic heterocycles. The Labute approximate surface area is 429 Å². The number of nitrogens with two attached hydrogens (primary N) is 5. The number of rotatable bonds is 34. The Morgan fingerprint density at radius 2 is 0.946 bits per heavy atom. The first kappa shape index (κ1) is 64.2. The van der Waals surface area contributed by atoms with Gasteiger partial charge in [-0.05, 0) is 75.0 Å². The number of phenols is 1. The fourth-order valence-corrected chi connectivity index (χ4v) is 7.17. The molecule has 74 heavy (non-hydrogen) atoms. The maximum absolute atomic E-state index is 14.2. The highest BCUT2D eigenvalue weighted by molar-refractivity contribution is 5.98. The van der Waals surface area contributed by atoms with Crippen LogP contribution >= 0.6 is 0 Å². The minimum atomic E-state index is -1.77. The third-order valence-corrected chi connectivity index (χ3v) is 11.2. The second-order valence-corrected chi connectivity index (χ2v) is 18.7. The van der Waals surface area contributed by atoms with Gasteiger partial charge in [0.1, 0.15) is 48.0 Å². The highest BCUT2D eigenvalue weighted by Gasteiger charge is 2.36. The number of aromatic hydroxyl groups is 1. The van der Waals surface area contributed by atoms with E-state index in [-0.39, 0.29) is 75.7 Å². The molecule has 23 N–H and O–H groups in total. The van der Waals surface area contributed by atoms with Gasteiger partial charge in [0, 0.05) is 38.3 Å².